The normalized spacial score (nSPS) is 13.6. The van der Waals surface area contributed by atoms with E-state index in [2.05, 4.69) is 9.97 Å². The van der Waals surface area contributed by atoms with Gasteiger partial charge in [0, 0.05) is 0 Å². The number of fused-ring (bicyclic) bond motifs is 1. The van der Waals surface area contributed by atoms with Crippen LogP contribution < -0.4 is 0 Å². The molecule has 0 saturated carbocycles. The topological polar surface area (TPSA) is 100 Å². The fourth-order valence-corrected chi connectivity index (χ4v) is 2.65. The van der Waals surface area contributed by atoms with Gasteiger partial charge in [-0.25, -0.2) is 17.8 Å². The van der Waals surface area contributed by atoms with Crippen LogP contribution in [0.2, 0.25) is 0 Å². The first kappa shape index (κ1) is 13.5. The maximum atomic E-state index is 13.0. The lowest BCUT2D eigenvalue weighted by atomic mass is 10.3. The summed E-state index contributed by atoms with van der Waals surface area (Å²) in [6.45, 7) is 1.10. The van der Waals surface area contributed by atoms with Gasteiger partial charge in [0.2, 0.25) is 0 Å². The Morgan fingerprint density at radius 2 is 2.21 bits per heavy atom. The van der Waals surface area contributed by atoms with Crippen molar-refractivity contribution in [1.29, 1.82) is 0 Å². The van der Waals surface area contributed by atoms with E-state index >= 15 is 0 Å². The van der Waals surface area contributed by atoms with Crippen molar-refractivity contribution in [2.45, 2.75) is 17.9 Å². The van der Waals surface area contributed by atoms with Crippen molar-refractivity contribution in [2.75, 3.05) is 0 Å². The minimum Gasteiger partial charge on any atom is -0.480 e. The van der Waals surface area contributed by atoms with E-state index in [1.54, 1.807) is 0 Å². The quantitative estimate of drug-likeness (QED) is 0.876. The van der Waals surface area contributed by atoms with E-state index < -0.39 is 32.6 Å². The number of sulfone groups is 1. The Balaban J connectivity index is 2.34. The van der Waals surface area contributed by atoms with Crippen molar-refractivity contribution < 1.29 is 22.7 Å². The number of nitrogens with zero attached hydrogens (tertiary/aromatic N) is 1. The number of H-pyrrole nitrogens is 1. The van der Waals surface area contributed by atoms with E-state index in [1.165, 1.54) is 18.2 Å². The Hall–Kier alpha value is -1.96. The largest absolute Gasteiger partial charge is 0.480 e. The van der Waals surface area contributed by atoms with E-state index in [4.69, 9.17) is 5.11 Å². The van der Waals surface area contributed by atoms with Crippen LogP contribution in [0.4, 0.5) is 4.39 Å². The Labute approximate surface area is 108 Å². The summed E-state index contributed by atoms with van der Waals surface area (Å²) >= 11 is 0. The first-order valence-electron chi connectivity index (χ1n) is 5.38. The summed E-state index contributed by atoms with van der Waals surface area (Å²) in [5.74, 6) is -2.32. The molecule has 0 aliphatic carbocycles. The number of hydrogen-bond donors (Lipinski definition) is 2. The van der Waals surface area contributed by atoms with E-state index in [9.17, 15) is 17.6 Å². The molecule has 0 saturated heterocycles. The second-order valence-electron chi connectivity index (χ2n) is 4.13. The lowest BCUT2D eigenvalue weighted by Gasteiger charge is -2.06. The molecule has 1 aromatic carbocycles. The molecule has 0 amide bonds. The highest BCUT2D eigenvalue weighted by molar-refractivity contribution is 7.91. The number of aromatic amines is 1. The molecule has 6 nitrogen and oxygen atoms in total. The van der Waals surface area contributed by atoms with Gasteiger partial charge in [-0.05, 0) is 25.1 Å². The van der Waals surface area contributed by atoms with Crippen LogP contribution in [0.15, 0.2) is 18.2 Å². The van der Waals surface area contributed by atoms with Crippen LogP contribution in [0.3, 0.4) is 0 Å². The van der Waals surface area contributed by atoms with Crippen molar-refractivity contribution >= 4 is 26.8 Å². The average molecular weight is 286 g/mol. The maximum Gasteiger partial charge on any atom is 0.321 e. The van der Waals surface area contributed by atoms with Crippen molar-refractivity contribution in [2.24, 2.45) is 0 Å². The molecule has 0 aliphatic heterocycles. The summed E-state index contributed by atoms with van der Waals surface area (Å²) < 4.78 is 36.5. The molecule has 1 atom stereocenters. The highest BCUT2D eigenvalue weighted by Gasteiger charge is 2.28. The third-order valence-electron chi connectivity index (χ3n) is 2.72. The number of nitrogens with one attached hydrogen (secondary N) is 1. The highest BCUT2D eigenvalue weighted by Crippen LogP contribution is 2.16. The molecule has 2 aromatic rings. The van der Waals surface area contributed by atoms with Crippen LogP contribution in [0.25, 0.3) is 11.0 Å². The minimum atomic E-state index is -3.86. The van der Waals surface area contributed by atoms with Crippen LogP contribution in [-0.2, 0) is 20.4 Å². The number of imidazole rings is 1. The smallest absolute Gasteiger partial charge is 0.321 e. The molecule has 2 N–H and O–H groups in total. The van der Waals surface area contributed by atoms with Gasteiger partial charge >= 0.3 is 5.97 Å². The first-order valence-corrected chi connectivity index (χ1v) is 7.09. The molecule has 0 spiro atoms. The van der Waals surface area contributed by atoms with Crippen LogP contribution >= 0.6 is 0 Å². The van der Waals surface area contributed by atoms with E-state index in [0.717, 1.165) is 6.92 Å². The highest BCUT2D eigenvalue weighted by atomic mass is 32.2. The van der Waals surface area contributed by atoms with Crippen molar-refractivity contribution in [3.8, 4) is 0 Å². The van der Waals surface area contributed by atoms with E-state index in [1.807, 2.05) is 0 Å². The van der Waals surface area contributed by atoms with Crippen molar-refractivity contribution in [3.63, 3.8) is 0 Å². The second kappa shape index (κ2) is 4.61. The molecule has 0 bridgehead atoms. The molecule has 0 fully saturated rings. The molecule has 102 valence electrons. The molecule has 0 aliphatic rings. The molecule has 1 unspecified atom stereocenters. The monoisotopic (exact) mass is 286 g/mol. The van der Waals surface area contributed by atoms with Gasteiger partial charge in [-0.15, -0.1) is 0 Å². The number of aromatic nitrogens is 2. The van der Waals surface area contributed by atoms with Gasteiger partial charge in [-0.3, -0.25) is 4.79 Å². The molecule has 0 radical (unpaired) electrons. The minimum absolute atomic E-state index is 0.0914. The molecule has 1 heterocycles. The molecular weight excluding hydrogens is 275 g/mol. The number of halogens is 1. The summed E-state index contributed by atoms with van der Waals surface area (Å²) in [7, 11) is -3.86. The summed E-state index contributed by atoms with van der Waals surface area (Å²) in [6, 6.07) is 3.82. The third-order valence-corrected chi connectivity index (χ3v) is 4.67. The lowest BCUT2D eigenvalue weighted by molar-refractivity contribution is -0.136. The molecule has 8 heteroatoms. The summed E-state index contributed by atoms with van der Waals surface area (Å²) in [5.41, 5.74) is 0.794. The molecule has 1 aromatic heterocycles. The Morgan fingerprint density at radius 1 is 1.53 bits per heavy atom. The van der Waals surface area contributed by atoms with Crippen molar-refractivity contribution in [1.82, 2.24) is 9.97 Å². The predicted octanol–water partition coefficient (Wildman–Crippen LogP) is 1.09. The second-order valence-corrected chi connectivity index (χ2v) is 6.45. The standard InChI is InChI=1S/C11H11FN2O4S/c1-6(11(15)16)19(17,18)5-10-13-8-3-2-7(12)4-9(8)14-10/h2-4,6H,5H2,1H3,(H,13,14)(H,15,16). The van der Waals surface area contributed by atoms with Crippen LogP contribution in [0.1, 0.15) is 12.7 Å². The summed E-state index contributed by atoms with van der Waals surface area (Å²) in [5, 5.41) is 7.20. The fraction of sp³-hybridized carbons (Fsp3) is 0.273. The van der Waals surface area contributed by atoms with Gasteiger partial charge in [0.25, 0.3) is 0 Å². The SMILES string of the molecule is CC(C(=O)O)S(=O)(=O)Cc1nc2ccc(F)cc2[nH]1. The van der Waals surface area contributed by atoms with E-state index in [0.29, 0.717) is 11.0 Å². The zero-order chi connectivity index (χ0) is 14.2. The van der Waals surface area contributed by atoms with Crippen LogP contribution in [-0.4, -0.2) is 34.7 Å². The summed E-state index contributed by atoms with van der Waals surface area (Å²) in [6.07, 6.45) is 0. The van der Waals surface area contributed by atoms with Gasteiger partial charge in [0.05, 0.1) is 11.0 Å². The Bertz CT molecular complexity index is 738. The molecule has 2 rings (SSSR count). The third kappa shape index (κ3) is 2.73. The number of rotatable bonds is 4. The Morgan fingerprint density at radius 3 is 2.84 bits per heavy atom. The average Bonchev–Trinajstić information content (AvgIpc) is 2.68. The van der Waals surface area contributed by atoms with Gasteiger partial charge in [0.15, 0.2) is 15.1 Å². The predicted molar refractivity (Wildman–Crippen MR) is 65.8 cm³/mol. The van der Waals surface area contributed by atoms with E-state index in [-0.39, 0.29) is 5.82 Å². The van der Waals surface area contributed by atoms with Crippen molar-refractivity contribution in [3.05, 3.63) is 29.8 Å². The number of benzene rings is 1. The van der Waals surface area contributed by atoms with Crippen LogP contribution in [0.5, 0.6) is 0 Å². The molecule has 19 heavy (non-hydrogen) atoms. The lowest BCUT2D eigenvalue weighted by Crippen LogP contribution is -2.28. The first-order chi connectivity index (χ1) is 8.79. The van der Waals surface area contributed by atoms with Gasteiger partial charge in [-0.1, -0.05) is 0 Å². The number of carboxylic acids is 1. The number of carboxylic acid groups (broad SMARTS) is 1. The maximum absolute atomic E-state index is 13.0. The zero-order valence-corrected chi connectivity index (χ0v) is 10.7. The van der Waals surface area contributed by atoms with Gasteiger partial charge < -0.3 is 10.1 Å². The fourth-order valence-electron chi connectivity index (χ4n) is 1.57. The summed E-state index contributed by atoms with van der Waals surface area (Å²) in [4.78, 5) is 17.3. The Kier molecular flexibility index (Phi) is 3.27. The number of hydrogen-bond acceptors (Lipinski definition) is 4. The molecular formula is C11H11FN2O4S. The zero-order valence-electron chi connectivity index (χ0n) is 9.92. The number of aliphatic carboxylic acids is 1. The number of carbonyl (C=O) groups is 1. The van der Waals surface area contributed by atoms with Crippen LogP contribution in [0, 0.1) is 5.82 Å². The van der Waals surface area contributed by atoms with Gasteiger partial charge in [-0.2, -0.15) is 0 Å². The van der Waals surface area contributed by atoms with Gasteiger partial charge in [0.1, 0.15) is 17.4 Å².